The number of amidine groups is 1. The molecule has 3 rings (SSSR count). The topological polar surface area (TPSA) is 115 Å². The Labute approximate surface area is 191 Å². The van der Waals surface area contributed by atoms with E-state index in [1.54, 1.807) is 6.92 Å². The molecule has 3 N–H and O–H groups in total. The molecule has 2 aromatic heterocycles. The van der Waals surface area contributed by atoms with Gasteiger partial charge in [0.2, 0.25) is 0 Å². The Bertz CT molecular complexity index is 1190. The van der Waals surface area contributed by atoms with Crippen LogP contribution in [0.25, 0.3) is 0 Å². The van der Waals surface area contributed by atoms with Gasteiger partial charge in [-0.05, 0) is 39.0 Å². The van der Waals surface area contributed by atoms with E-state index < -0.39 is 37.8 Å². The predicted molar refractivity (Wildman–Crippen MR) is 117 cm³/mol. The molecule has 0 bridgehead atoms. The summed E-state index contributed by atoms with van der Waals surface area (Å²) in [5.41, 5.74) is 4.03. The van der Waals surface area contributed by atoms with Crippen LogP contribution in [0.1, 0.15) is 46.6 Å². The van der Waals surface area contributed by atoms with E-state index in [1.165, 1.54) is 26.0 Å². The quantitative estimate of drug-likeness (QED) is 0.655. The van der Waals surface area contributed by atoms with Gasteiger partial charge < -0.3 is 11.1 Å². The lowest BCUT2D eigenvalue weighted by molar-refractivity contribution is -0.137. The van der Waals surface area contributed by atoms with Gasteiger partial charge in [0.25, 0.3) is 5.91 Å². The van der Waals surface area contributed by atoms with Crippen molar-refractivity contribution in [1.29, 1.82) is 0 Å². The average Bonchev–Trinajstić information content (AvgIpc) is 3.07. The Hall–Kier alpha value is -2.18. The second-order valence-electron chi connectivity index (χ2n) is 8.05. The number of carbonyl (C=O) groups excluding carboxylic acids is 1. The van der Waals surface area contributed by atoms with E-state index in [9.17, 15) is 26.4 Å². The van der Waals surface area contributed by atoms with Gasteiger partial charge in [-0.2, -0.15) is 13.2 Å². The van der Waals surface area contributed by atoms with E-state index in [1.807, 2.05) is 0 Å². The fourth-order valence-corrected chi connectivity index (χ4v) is 6.38. The molecular weight excluding hydrogens is 489 g/mol. The number of alkyl halides is 3. The maximum Gasteiger partial charge on any atom is 0.417 e. The van der Waals surface area contributed by atoms with Gasteiger partial charge in [0.15, 0.2) is 9.84 Å². The van der Waals surface area contributed by atoms with Crippen LogP contribution in [0.2, 0.25) is 5.02 Å². The van der Waals surface area contributed by atoms with Crippen molar-refractivity contribution in [2.45, 2.75) is 43.8 Å². The molecule has 2 aromatic rings. The van der Waals surface area contributed by atoms with Gasteiger partial charge in [-0.3, -0.25) is 14.8 Å². The number of hydrogen-bond acceptors (Lipinski definition) is 7. The van der Waals surface area contributed by atoms with Crippen LogP contribution in [0.15, 0.2) is 29.4 Å². The number of nitrogens with two attached hydrogens (primary N) is 1. The first-order chi connectivity index (χ1) is 14.6. The van der Waals surface area contributed by atoms with Crippen LogP contribution in [0, 0.1) is 0 Å². The summed E-state index contributed by atoms with van der Waals surface area (Å²) < 4.78 is 62.0. The van der Waals surface area contributed by atoms with Crippen LogP contribution in [-0.2, 0) is 28.1 Å². The first-order valence-corrected chi connectivity index (χ1v) is 12.1. The van der Waals surface area contributed by atoms with Gasteiger partial charge in [0.1, 0.15) is 16.1 Å². The predicted octanol–water partition coefficient (Wildman–Crippen LogP) is 3.52. The van der Waals surface area contributed by atoms with Crippen LogP contribution >= 0.6 is 22.9 Å². The lowest BCUT2D eigenvalue weighted by Crippen LogP contribution is -2.54. The third-order valence-electron chi connectivity index (χ3n) is 5.21. The molecule has 3 heterocycles. The summed E-state index contributed by atoms with van der Waals surface area (Å²) in [5.74, 6) is -0.913. The van der Waals surface area contributed by atoms with Crippen molar-refractivity contribution in [3.05, 3.63) is 50.4 Å². The minimum atomic E-state index is -4.50. The zero-order valence-electron chi connectivity index (χ0n) is 17.2. The molecule has 1 aliphatic rings. The SMILES string of the molecule is CC1(c2sc(C(=O)NCc3ccc(C(F)(F)F)cn3)cc2Cl)CS(=O)(=O)C(C)(C)C(N)=N1. The van der Waals surface area contributed by atoms with E-state index in [0.717, 1.165) is 17.4 Å². The molecule has 0 saturated carbocycles. The maximum atomic E-state index is 12.7. The molecule has 0 aliphatic carbocycles. The highest BCUT2D eigenvalue weighted by Crippen LogP contribution is 2.43. The van der Waals surface area contributed by atoms with Crippen molar-refractivity contribution in [3.8, 4) is 0 Å². The minimum Gasteiger partial charge on any atom is -0.386 e. The number of amides is 1. The van der Waals surface area contributed by atoms with E-state index >= 15 is 0 Å². The fraction of sp³-hybridized carbons (Fsp3) is 0.421. The summed E-state index contributed by atoms with van der Waals surface area (Å²) in [6.45, 7) is 4.43. The average molecular weight is 509 g/mol. The van der Waals surface area contributed by atoms with Crippen molar-refractivity contribution >= 4 is 44.5 Å². The van der Waals surface area contributed by atoms with Gasteiger partial charge in [-0.15, -0.1) is 11.3 Å². The lowest BCUT2D eigenvalue weighted by Gasteiger charge is -2.37. The molecule has 1 atom stereocenters. The first kappa shape index (κ1) is 24.5. The summed E-state index contributed by atoms with van der Waals surface area (Å²) in [4.78, 5) is 21.2. The number of pyridine rings is 1. The zero-order valence-corrected chi connectivity index (χ0v) is 19.6. The monoisotopic (exact) mass is 508 g/mol. The molecular formula is C19H20ClF3N4O3S2. The lowest BCUT2D eigenvalue weighted by atomic mass is 10.0. The van der Waals surface area contributed by atoms with Crippen LogP contribution in [0.5, 0.6) is 0 Å². The van der Waals surface area contributed by atoms with E-state index in [2.05, 4.69) is 15.3 Å². The number of nitrogens with one attached hydrogen (secondary N) is 1. The molecule has 0 fully saturated rings. The minimum absolute atomic E-state index is 0.0462. The molecule has 0 saturated heterocycles. The molecule has 0 spiro atoms. The van der Waals surface area contributed by atoms with Crippen molar-refractivity contribution in [1.82, 2.24) is 10.3 Å². The summed E-state index contributed by atoms with van der Waals surface area (Å²) in [6, 6.07) is 3.44. The van der Waals surface area contributed by atoms with Gasteiger partial charge >= 0.3 is 6.18 Å². The third kappa shape index (κ3) is 4.48. The Morgan fingerprint density at radius 3 is 2.50 bits per heavy atom. The van der Waals surface area contributed by atoms with E-state index in [0.29, 0.717) is 11.1 Å². The highest BCUT2D eigenvalue weighted by atomic mass is 35.5. The molecule has 0 radical (unpaired) electrons. The second kappa shape index (κ2) is 7.99. The zero-order chi connectivity index (χ0) is 24.1. The summed E-state index contributed by atoms with van der Waals surface area (Å²) >= 11 is 7.28. The molecule has 7 nitrogen and oxygen atoms in total. The number of aromatic nitrogens is 1. The van der Waals surface area contributed by atoms with Crippen molar-refractivity contribution < 1.29 is 26.4 Å². The van der Waals surface area contributed by atoms with Crippen molar-refractivity contribution in [2.75, 3.05) is 5.75 Å². The summed E-state index contributed by atoms with van der Waals surface area (Å²) in [7, 11) is -3.65. The molecule has 0 aromatic carbocycles. The van der Waals surface area contributed by atoms with Gasteiger partial charge in [-0.1, -0.05) is 11.6 Å². The van der Waals surface area contributed by atoms with E-state index in [-0.39, 0.29) is 33.7 Å². The third-order valence-corrected chi connectivity index (χ3v) is 9.72. The normalized spacial score (nSPS) is 22.3. The van der Waals surface area contributed by atoms with E-state index in [4.69, 9.17) is 17.3 Å². The largest absolute Gasteiger partial charge is 0.417 e. The number of nitrogens with zero attached hydrogens (tertiary/aromatic N) is 2. The Morgan fingerprint density at radius 1 is 1.31 bits per heavy atom. The van der Waals surface area contributed by atoms with Crippen LogP contribution in [-0.4, -0.2) is 35.6 Å². The van der Waals surface area contributed by atoms with Crippen LogP contribution in [0.3, 0.4) is 0 Å². The van der Waals surface area contributed by atoms with Crippen molar-refractivity contribution in [2.24, 2.45) is 10.7 Å². The second-order valence-corrected chi connectivity index (χ2v) is 12.0. The Morgan fingerprint density at radius 2 is 1.97 bits per heavy atom. The van der Waals surface area contributed by atoms with Gasteiger partial charge in [-0.25, -0.2) is 8.42 Å². The number of halogens is 4. The standard InChI is InChI=1S/C19H20ClF3N4O3S2/c1-17(2)16(24)27-18(3,9-32(17,29)30)14-12(20)6-13(31-14)15(28)26-8-11-5-4-10(7-25-11)19(21,22)23/h4-7H,8-9H2,1-3H3,(H2,24,27)(H,26,28). The number of sulfone groups is 1. The molecule has 13 heteroatoms. The highest BCUT2D eigenvalue weighted by Gasteiger charge is 2.50. The maximum absolute atomic E-state index is 12.7. The Balaban J connectivity index is 1.79. The smallest absolute Gasteiger partial charge is 0.386 e. The first-order valence-electron chi connectivity index (χ1n) is 9.25. The van der Waals surface area contributed by atoms with Crippen molar-refractivity contribution in [3.63, 3.8) is 0 Å². The van der Waals surface area contributed by atoms with Crippen LogP contribution < -0.4 is 11.1 Å². The number of aliphatic imine (C=N–C) groups is 1. The highest BCUT2D eigenvalue weighted by molar-refractivity contribution is 7.93. The summed E-state index contributed by atoms with van der Waals surface area (Å²) in [5, 5.41) is 2.73. The number of hydrogen-bond donors (Lipinski definition) is 2. The number of rotatable bonds is 4. The molecule has 1 amide bonds. The van der Waals surface area contributed by atoms with Gasteiger partial charge in [0, 0.05) is 6.20 Å². The number of carbonyl (C=O) groups is 1. The van der Waals surface area contributed by atoms with Gasteiger partial charge in [0.05, 0.1) is 38.3 Å². The summed E-state index contributed by atoms with van der Waals surface area (Å²) in [6.07, 6.45) is -3.81. The molecule has 1 unspecified atom stereocenters. The van der Waals surface area contributed by atoms with Crippen LogP contribution in [0.4, 0.5) is 13.2 Å². The number of thiophene rings is 1. The molecule has 174 valence electrons. The Kier molecular flexibility index (Phi) is 6.11. The molecule has 1 aliphatic heterocycles. The molecule has 32 heavy (non-hydrogen) atoms. The fourth-order valence-electron chi connectivity index (χ4n) is 3.06.